The first-order valence-corrected chi connectivity index (χ1v) is 7.63. The van der Waals surface area contributed by atoms with Gasteiger partial charge in [0.25, 0.3) is 0 Å². The topological polar surface area (TPSA) is 72.3 Å². The van der Waals surface area contributed by atoms with E-state index in [1.54, 1.807) is 6.33 Å². The summed E-state index contributed by atoms with van der Waals surface area (Å²) < 4.78 is 7.78. The van der Waals surface area contributed by atoms with E-state index >= 15 is 0 Å². The molecule has 0 unspecified atom stereocenters. The number of nitrogens with zero attached hydrogens (tertiary/aromatic N) is 4. The van der Waals surface area contributed by atoms with Gasteiger partial charge in [-0.2, -0.15) is 0 Å². The average Bonchev–Trinajstić information content (AvgIpc) is 3.08. The number of nitrogens with one attached hydrogen (secondary N) is 1. The van der Waals surface area contributed by atoms with Crippen LogP contribution < -0.4 is 5.32 Å². The highest BCUT2D eigenvalue weighted by Crippen LogP contribution is 2.35. The molecule has 1 saturated heterocycles. The summed E-state index contributed by atoms with van der Waals surface area (Å²) in [6, 6.07) is -0.201. The highest BCUT2D eigenvalue weighted by Gasteiger charge is 2.40. The van der Waals surface area contributed by atoms with Gasteiger partial charge in [0.1, 0.15) is 6.33 Å². The molecular formula is C14H23N5O2. The standard InChI is InChI=1S/C14H23N5O2/c1-11(12-17-15-10-18(12)2)16-13(20)19-7-8-21-14(9-19)5-3-4-6-14/h10-11H,3-9H2,1-2H3,(H,16,20)/t11-/m1/s1. The van der Waals surface area contributed by atoms with Gasteiger partial charge in [0, 0.05) is 13.6 Å². The Morgan fingerprint density at radius 2 is 2.24 bits per heavy atom. The molecule has 2 aliphatic rings. The monoisotopic (exact) mass is 293 g/mol. The molecule has 3 rings (SSSR count). The molecule has 7 nitrogen and oxygen atoms in total. The molecule has 0 bridgehead atoms. The SMILES string of the molecule is C[C@@H](NC(=O)N1CCOC2(CCCC2)C1)c1nncn1C. The molecule has 2 fully saturated rings. The van der Waals surface area contributed by atoms with Gasteiger partial charge in [-0.1, -0.05) is 12.8 Å². The molecule has 1 aliphatic carbocycles. The van der Waals surface area contributed by atoms with Crippen LogP contribution in [0.15, 0.2) is 6.33 Å². The quantitative estimate of drug-likeness (QED) is 0.890. The molecule has 1 atom stereocenters. The second kappa shape index (κ2) is 5.63. The van der Waals surface area contributed by atoms with Gasteiger partial charge in [-0.15, -0.1) is 10.2 Å². The van der Waals surface area contributed by atoms with Gasteiger partial charge in [-0.3, -0.25) is 0 Å². The second-order valence-electron chi connectivity index (χ2n) is 6.13. The van der Waals surface area contributed by atoms with Crippen molar-refractivity contribution < 1.29 is 9.53 Å². The van der Waals surface area contributed by atoms with Crippen molar-refractivity contribution in [1.82, 2.24) is 25.0 Å². The predicted molar refractivity (Wildman–Crippen MR) is 76.7 cm³/mol. The van der Waals surface area contributed by atoms with Crippen molar-refractivity contribution >= 4 is 6.03 Å². The molecule has 1 aromatic heterocycles. The number of carbonyl (C=O) groups excluding carboxylic acids is 1. The highest BCUT2D eigenvalue weighted by atomic mass is 16.5. The Labute approximate surface area is 124 Å². The smallest absolute Gasteiger partial charge is 0.318 e. The van der Waals surface area contributed by atoms with E-state index in [1.165, 1.54) is 12.8 Å². The number of amides is 2. The molecule has 0 aromatic carbocycles. The van der Waals surface area contributed by atoms with Gasteiger partial charge in [0.05, 0.1) is 24.8 Å². The summed E-state index contributed by atoms with van der Waals surface area (Å²) in [6.07, 6.45) is 6.17. The fourth-order valence-electron chi connectivity index (χ4n) is 3.37. The van der Waals surface area contributed by atoms with Crippen LogP contribution in [0.1, 0.15) is 44.5 Å². The largest absolute Gasteiger partial charge is 0.371 e. The summed E-state index contributed by atoms with van der Waals surface area (Å²) in [5, 5.41) is 10.9. The van der Waals surface area contributed by atoms with E-state index in [0.717, 1.165) is 18.7 Å². The van der Waals surface area contributed by atoms with Crippen LogP contribution in [0.2, 0.25) is 0 Å². The minimum absolute atomic E-state index is 0.0416. The number of carbonyl (C=O) groups is 1. The summed E-state index contributed by atoms with van der Waals surface area (Å²) in [5.74, 6) is 0.757. The summed E-state index contributed by atoms with van der Waals surface area (Å²) in [6.45, 7) is 3.91. The lowest BCUT2D eigenvalue weighted by molar-refractivity contribution is -0.0927. The summed E-state index contributed by atoms with van der Waals surface area (Å²) in [5.41, 5.74) is -0.0936. The fraction of sp³-hybridized carbons (Fsp3) is 0.786. The van der Waals surface area contributed by atoms with Crippen LogP contribution in [0, 0.1) is 0 Å². The molecule has 21 heavy (non-hydrogen) atoms. The van der Waals surface area contributed by atoms with E-state index < -0.39 is 0 Å². The van der Waals surface area contributed by atoms with Gasteiger partial charge in [0.2, 0.25) is 0 Å². The number of ether oxygens (including phenoxy) is 1. The van der Waals surface area contributed by atoms with E-state index in [0.29, 0.717) is 19.7 Å². The Morgan fingerprint density at radius 3 is 2.90 bits per heavy atom. The van der Waals surface area contributed by atoms with Crippen LogP contribution in [0.25, 0.3) is 0 Å². The van der Waals surface area contributed by atoms with Crippen LogP contribution in [-0.4, -0.2) is 51.0 Å². The van der Waals surface area contributed by atoms with Gasteiger partial charge < -0.3 is 19.5 Å². The zero-order valence-electron chi connectivity index (χ0n) is 12.7. The summed E-state index contributed by atoms with van der Waals surface area (Å²) in [4.78, 5) is 14.3. The van der Waals surface area contributed by atoms with Crippen molar-refractivity contribution in [3.63, 3.8) is 0 Å². The maximum Gasteiger partial charge on any atom is 0.318 e. The van der Waals surface area contributed by atoms with Crippen LogP contribution in [0.4, 0.5) is 4.79 Å². The van der Waals surface area contributed by atoms with E-state index in [9.17, 15) is 4.79 Å². The lowest BCUT2D eigenvalue weighted by atomic mass is 10.00. The first kappa shape index (κ1) is 14.3. The summed E-state index contributed by atoms with van der Waals surface area (Å²) in [7, 11) is 1.88. The van der Waals surface area contributed by atoms with Crippen LogP contribution in [0.3, 0.4) is 0 Å². The minimum atomic E-state index is -0.160. The molecule has 2 amide bonds. The Morgan fingerprint density at radius 1 is 1.48 bits per heavy atom. The molecule has 7 heteroatoms. The molecule has 0 radical (unpaired) electrons. The number of morpholine rings is 1. The zero-order valence-corrected chi connectivity index (χ0v) is 12.7. The molecule has 1 N–H and O–H groups in total. The molecule has 1 spiro atoms. The Bertz CT molecular complexity index is 509. The van der Waals surface area contributed by atoms with Gasteiger partial charge in [0.15, 0.2) is 5.82 Å². The van der Waals surface area contributed by atoms with Gasteiger partial charge in [-0.05, 0) is 19.8 Å². The van der Waals surface area contributed by atoms with E-state index in [-0.39, 0.29) is 17.7 Å². The molecule has 1 aliphatic heterocycles. The van der Waals surface area contributed by atoms with Crippen molar-refractivity contribution in [2.45, 2.75) is 44.2 Å². The number of aromatic nitrogens is 3. The van der Waals surface area contributed by atoms with Crippen LogP contribution in [0.5, 0.6) is 0 Å². The van der Waals surface area contributed by atoms with E-state index in [2.05, 4.69) is 15.5 Å². The first-order valence-electron chi connectivity index (χ1n) is 7.63. The number of hydrogen-bond acceptors (Lipinski definition) is 4. The van der Waals surface area contributed by atoms with Crippen molar-refractivity contribution in [2.24, 2.45) is 7.05 Å². The van der Waals surface area contributed by atoms with Crippen molar-refractivity contribution in [2.75, 3.05) is 19.7 Å². The normalized spacial score (nSPS) is 22.5. The third-order valence-electron chi connectivity index (χ3n) is 4.52. The molecule has 1 saturated carbocycles. The predicted octanol–water partition coefficient (Wildman–Crippen LogP) is 1.23. The third-order valence-corrected chi connectivity index (χ3v) is 4.52. The average molecular weight is 293 g/mol. The number of urea groups is 1. The molecule has 1 aromatic rings. The lowest BCUT2D eigenvalue weighted by Crippen LogP contribution is -2.55. The number of aryl methyl sites for hydroxylation is 1. The fourth-order valence-corrected chi connectivity index (χ4v) is 3.37. The summed E-state index contributed by atoms with van der Waals surface area (Å²) >= 11 is 0. The third kappa shape index (κ3) is 2.88. The van der Waals surface area contributed by atoms with Crippen molar-refractivity contribution in [3.8, 4) is 0 Å². The first-order chi connectivity index (χ1) is 10.1. The van der Waals surface area contributed by atoms with E-state index in [1.807, 2.05) is 23.4 Å². The van der Waals surface area contributed by atoms with Gasteiger partial charge in [-0.25, -0.2) is 4.79 Å². The van der Waals surface area contributed by atoms with Crippen LogP contribution >= 0.6 is 0 Å². The van der Waals surface area contributed by atoms with Crippen molar-refractivity contribution in [1.29, 1.82) is 0 Å². The molecule has 2 heterocycles. The Kier molecular flexibility index (Phi) is 3.84. The second-order valence-corrected chi connectivity index (χ2v) is 6.13. The van der Waals surface area contributed by atoms with Crippen LogP contribution in [-0.2, 0) is 11.8 Å². The Hall–Kier alpha value is -1.63. The number of rotatable bonds is 2. The molecule has 116 valence electrons. The maximum atomic E-state index is 12.5. The van der Waals surface area contributed by atoms with E-state index in [4.69, 9.17) is 4.74 Å². The number of hydrogen-bond donors (Lipinski definition) is 1. The van der Waals surface area contributed by atoms with Gasteiger partial charge >= 0.3 is 6.03 Å². The zero-order chi connectivity index (χ0) is 14.9. The maximum absolute atomic E-state index is 12.5. The van der Waals surface area contributed by atoms with Crippen molar-refractivity contribution in [3.05, 3.63) is 12.2 Å². The lowest BCUT2D eigenvalue weighted by Gasteiger charge is -2.40. The Balaban J connectivity index is 1.61. The highest BCUT2D eigenvalue weighted by molar-refractivity contribution is 5.74. The molecular weight excluding hydrogens is 270 g/mol. The minimum Gasteiger partial charge on any atom is -0.371 e.